The number of allylic oxidation sites excluding steroid dienone is 1. The maximum atomic E-state index is 10.3. The molecule has 32 heavy (non-hydrogen) atoms. The van der Waals surface area contributed by atoms with Crippen LogP contribution < -0.4 is 10.5 Å². The van der Waals surface area contributed by atoms with E-state index in [2.05, 4.69) is 69.1 Å². The van der Waals surface area contributed by atoms with Gasteiger partial charge in [0.2, 0.25) is 11.8 Å². The highest BCUT2D eigenvalue weighted by Gasteiger charge is 2.51. The van der Waals surface area contributed by atoms with Crippen molar-refractivity contribution < 1.29 is 4.74 Å². The van der Waals surface area contributed by atoms with E-state index in [1.54, 1.807) is 11.3 Å². The topological polar surface area (TPSA) is 87.7 Å². The van der Waals surface area contributed by atoms with Crippen molar-refractivity contribution >= 4 is 22.9 Å². The van der Waals surface area contributed by atoms with Crippen LogP contribution in [-0.2, 0) is 10.8 Å². The first-order chi connectivity index (χ1) is 15.0. The number of nitriles is 1. The van der Waals surface area contributed by atoms with Crippen molar-refractivity contribution in [2.75, 3.05) is 0 Å². The maximum absolute atomic E-state index is 10.3. The number of aryl methyl sites for hydroxylation is 1. The van der Waals surface area contributed by atoms with E-state index in [-0.39, 0.29) is 17.2 Å². The lowest BCUT2D eigenvalue weighted by Crippen LogP contribution is -2.41. The number of nitrogens with zero attached hydrogens (tertiary/aromatic N) is 2. The third-order valence-corrected chi connectivity index (χ3v) is 7.53. The molecular weight excluding hydrogens is 440 g/mol. The molecule has 1 atom stereocenters. The van der Waals surface area contributed by atoms with Crippen molar-refractivity contribution in [3.8, 4) is 22.4 Å². The summed E-state index contributed by atoms with van der Waals surface area (Å²) in [6.07, 6.45) is 0. The van der Waals surface area contributed by atoms with E-state index in [4.69, 9.17) is 22.1 Å². The van der Waals surface area contributed by atoms with Crippen LogP contribution in [0.15, 0.2) is 41.8 Å². The maximum Gasteiger partial charge on any atom is 0.244 e. The Bertz CT molecular complexity index is 1270. The lowest BCUT2D eigenvalue weighted by molar-refractivity contribution is 0.323. The van der Waals surface area contributed by atoms with E-state index >= 15 is 0 Å². The fourth-order valence-corrected chi connectivity index (χ4v) is 5.69. The first-order valence-electron chi connectivity index (χ1n) is 10.6. The lowest BCUT2D eigenvalue weighted by atomic mass is 9.61. The summed E-state index contributed by atoms with van der Waals surface area (Å²) in [6, 6.07) is 12.9. The Balaban J connectivity index is 2.14. The number of rotatable bonds is 3. The van der Waals surface area contributed by atoms with Gasteiger partial charge in [0.25, 0.3) is 0 Å². The fourth-order valence-electron chi connectivity index (χ4n) is 4.66. The average Bonchev–Trinajstić information content (AvgIpc) is 3.31. The van der Waals surface area contributed by atoms with Gasteiger partial charge in [-0.2, -0.15) is 5.26 Å². The molecule has 5 nitrogen and oxygen atoms in total. The average molecular weight is 467 g/mol. The summed E-state index contributed by atoms with van der Waals surface area (Å²) in [5, 5.41) is 17.6. The van der Waals surface area contributed by atoms with Crippen molar-refractivity contribution in [1.29, 1.82) is 5.26 Å². The summed E-state index contributed by atoms with van der Waals surface area (Å²) in [5.74, 6) is 0.529. The van der Waals surface area contributed by atoms with Gasteiger partial charge in [-0.05, 0) is 59.2 Å². The smallest absolute Gasteiger partial charge is 0.244 e. The molecule has 1 aliphatic rings. The summed E-state index contributed by atoms with van der Waals surface area (Å²) >= 11 is 7.81. The summed E-state index contributed by atoms with van der Waals surface area (Å²) in [4.78, 5) is 1.08. The molecule has 1 aromatic carbocycles. The minimum absolute atomic E-state index is 0.00430. The van der Waals surface area contributed by atoms with E-state index in [0.717, 1.165) is 31.6 Å². The van der Waals surface area contributed by atoms with Crippen LogP contribution in [0.3, 0.4) is 0 Å². The Morgan fingerprint density at radius 2 is 1.97 bits per heavy atom. The highest BCUT2D eigenvalue weighted by atomic mass is 35.5. The molecule has 4 rings (SSSR count). The molecule has 0 fully saturated rings. The molecule has 0 radical (unpaired) electrons. The molecule has 0 spiro atoms. The first kappa shape index (κ1) is 22.4. The SMILES string of the molecule is Cc1[nH]nc2c1C(c1cc(-c3ccc(Cl)s3)cc(C(C)(C)C)c1)(C(C)C)C(C#N)=C(N)O2. The number of nitrogens with two attached hydrogens (primary N) is 1. The van der Waals surface area contributed by atoms with Gasteiger partial charge in [0, 0.05) is 10.6 Å². The molecule has 7 heteroatoms. The molecule has 0 saturated heterocycles. The van der Waals surface area contributed by atoms with Crippen LogP contribution in [0, 0.1) is 24.2 Å². The molecule has 1 aliphatic heterocycles. The summed E-state index contributed by atoms with van der Waals surface area (Å²) < 4.78 is 6.51. The van der Waals surface area contributed by atoms with Crippen molar-refractivity contribution in [2.24, 2.45) is 11.7 Å². The van der Waals surface area contributed by atoms with Crippen molar-refractivity contribution in [3.05, 3.63) is 68.5 Å². The second kappa shape index (κ2) is 7.68. The van der Waals surface area contributed by atoms with Crippen LogP contribution >= 0.6 is 22.9 Å². The van der Waals surface area contributed by atoms with Gasteiger partial charge in [0.05, 0.1) is 15.3 Å². The highest BCUT2D eigenvalue weighted by molar-refractivity contribution is 7.19. The van der Waals surface area contributed by atoms with Crippen LogP contribution in [0.25, 0.3) is 10.4 Å². The number of halogens is 1. The number of thiophene rings is 1. The molecule has 1 unspecified atom stereocenters. The van der Waals surface area contributed by atoms with E-state index in [1.165, 1.54) is 5.56 Å². The van der Waals surface area contributed by atoms with Crippen molar-refractivity contribution in [3.63, 3.8) is 0 Å². The monoisotopic (exact) mass is 466 g/mol. The molecule has 2 aromatic heterocycles. The minimum atomic E-state index is -0.805. The van der Waals surface area contributed by atoms with Gasteiger partial charge in [0.1, 0.15) is 11.6 Å². The predicted octanol–water partition coefficient (Wildman–Crippen LogP) is 6.43. The Hall–Kier alpha value is -2.75. The van der Waals surface area contributed by atoms with E-state index < -0.39 is 5.41 Å². The normalized spacial score (nSPS) is 18.5. The van der Waals surface area contributed by atoms with Gasteiger partial charge >= 0.3 is 0 Å². The van der Waals surface area contributed by atoms with Crippen LogP contribution in [0.4, 0.5) is 0 Å². The largest absolute Gasteiger partial charge is 0.420 e. The van der Waals surface area contributed by atoms with Crippen LogP contribution in [0.2, 0.25) is 4.34 Å². The number of fused-ring (bicyclic) bond motifs is 1. The Labute approximate surface area is 197 Å². The van der Waals surface area contributed by atoms with Gasteiger partial charge in [-0.1, -0.05) is 52.3 Å². The molecule has 0 saturated carbocycles. The number of ether oxygens (including phenoxy) is 1. The molecule has 0 bridgehead atoms. The van der Waals surface area contributed by atoms with Gasteiger partial charge in [-0.25, -0.2) is 0 Å². The second-order valence-electron chi connectivity index (χ2n) is 9.60. The number of hydrogen-bond acceptors (Lipinski definition) is 5. The lowest BCUT2D eigenvalue weighted by Gasteiger charge is -2.41. The second-order valence-corrected chi connectivity index (χ2v) is 11.3. The van der Waals surface area contributed by atoms with Crippen LogP contribution in [0.5, 0.6) is 5.88 Å². The summed E-state index contributed by atoms with van der Waals surface area (Å²) in [6.45, 7) is 12.7. The van der Waals surface area contributed by atoms with E-state index in [0.29, 0.717) is 11.5 Å². The molecule has 3 aromatic rings. The number of benzene rings is 1. The Kier molecular flexibility index (Phi) is 5.39. The third-order valence-electron chi connectivity index (χ3n) is 6.25. The van der Waals surface area contributed by atoms with E-state index in [9.17, 15) is 5.26 Å². The number of aromatic amines is 1. The van der Waals surface area contributed by atoms with Gasteiger partial charge in [-0.15, -0.1) is 16.4 Å². The molecule has 3 N–H and O–H groups in total. The zero-order chi connectivity index (χ0) is 23.4. The number of nitrogens with one attached hydrogen (secondary N) is 1. The van der Waals surface area contributed by atoms with Crippen LogP contribution in [0.1, 0.15) is 57.0 Å². The number of hydrogen-bond donors (Lipinski definition) is 2. The summed E-state index contributed by atoms with van der Waals surface area (Å²) in [5.41, 5.74) is 10.7. The van der Waals surface area contributed by atoms with Gasteiger partial charge in [0.15, 0.2) is 0 Å². The van der Waals surface area contributed by atoms with Crippen molar-refractivity contribution in [1.82, 2.24) is 10.2 Å². The molecular formula is C25H27ClN4OS. The minimum Gasteiger partial charge on any atom is -0.420 e. The van der Waals surface area contributed by atoms with E-state index in [1.807, 2.05) is 19.1 Å². The molecule has 3 heterocycles. The highest BCUT2D eigenvalue weighted by Crippen LogP contribution is 2.53. The molecule has 0 amide bonds. The molecule has 166 valence electrons. The third kappa shape index (κ3) is 3.32. The number of aromatic nitrogens is 2. The first-order valence-corrected chi connectivity index (χ1v) is 11.7. The zero-order valence-electron chi connectivity index (χ0n) is 19.1. The number of H-pyrrole nitrogens is 1. The van der Waals surface area contributed by atoms with Gasteiger partial charge < -0.3 is 10.5 Å². The predicted molar refractivity (Wildman–Crippen MR) is 130 cm³/mol. The fraction of sp³-hybridized carbons (Fsp3) is 0.360. The quantitative estimate of drug-likeness (QED) is 0.465. The standard InChI is InChI=1S/C25H27ClN4OS/c1-13(2)25(18(12-27)22(28)31-23-21(25)14(3)29-30-23)17-10-15(19-7-8-20(26)32-19)9-16(11-17)24(4,5)6/h7-11,13H,28H2,1-6H3,(H,29,30). The van der Waals surface area contributed by atoms with Crippen molar-refractivity contribution in [2.45, 2.75) is 52.4 Å². The Morgan fingerprint density at radius 3 is 2.53 bits per heavy atom. The van der Waals surface area contributed by atoms with Crippen LogP contribution in [-0.4, -0.2) is 10.2 Å². The van der Waals surface area contributed by atoms with Gasteiger partial charge in [-0.3, -0.25) is 5.10 Å². The Morgan fingerprint density at radius 1 is 1.25 bits per heavy atom. The molecule has 0 aliphatic carbocycles. The zero-order valence-corrected chi connectivity index (χ0v) is 20.7. The summed E-state index contributed by atoms with van der Waals surface area (Å²) in [7, 11) is 0.